The van der Waals surface area contributed by atoms with E-state index in [0.717, 1.165) is 28.0 Å². The molecular weight excluding hydrogens is 326 g/mol. The molecule has 0 amide bonds. The average molecular weight is 348 g/mol. The minimum atomic E-state index is 0.187. The van der Waals surface area contributed by atoms with E-state index in [2.05, 4.69) is 72.3 Å². The Bertz CT molecular complexity index is 600. The molecule has 0 heterocycles. The quantitative estimate of drug-likeness (QED) is 0.802. The minimum Gasteiger partial charge on any atom is -0.496 e. The van der Waals surface area contributed by atoms with Gasteiger partial charge in [0.05, 0.1) is 7.11 Å². The molecule has 3 heteroatoms. The summed E-state index contributed by atoms with van der Waals surface area (Å²) >= 11 is 3.50. The molecular formula is C18H22BrNO. The molecule has 0 aliphatic carbocycles. The summed E-state index contributed by atoms with van der Waals surface area (Å²) in [5.41, 5.74) is 3.77. The van der Waals surface area contributed by atoms with E-state index >= 15 is 0 Å². The summed E-state index contributed by atoms with van der Waals surface area (Å²) < 4.78 is 6.45. The molecule has 0 bridgehead atoms. The van der Waals surface area contributed by atoms with Crippen molar-refractivity contribution in [2.45, 2.75) is 32.7 Å². The molecule has 0 unspecified atom stereocenters. The Labute approximate surface area is 135 Å². The summed E-state index contributed by atoms with van der Waals surface area (Å²) in [6, 6.07) is 14.7. The van der Waals surface area contributed by atoms with Crippen molar-refractivity contribution in [3.05, 3.63) is 58.1 Å². The zero-order chi connectivity index (χ0) is 15.5. The van der Waals surface area contributed by atoms with Crippen molar-refractivity contribution in [1.29, 1.82) is 0 Å². The summed E-state index contributed by atoms with van der Waals surface area (Å²) in [5.74, 6) is 0.900. The third-order valence-electron chi connectivity index (χ3n) is 3.48. The molecule has 0 spiro atoms. The fourth-order valence-corrected chi connectivity index (χ4v) is 2.58. The van der Waals surface area contributed by atoms with Gasteiger partial charge in [0.15, 0.2) is 0 Å². The van der Waals surface area contributed by atoms with Crippen LogP contribution in [0.1, 0.15) is 31.9 Å². The number of benzene rings is 2. The zero-order valence-electron chi connectivity index (χ0n) is 13.0. The highest BCUT2D eigenvalue weighted by Crippen LogP contribution is 2.26. The first-order chi connectivity index (χ1) is 9.90. The van der Waals surface area contributed by atoms with Gasteiger partial charge in [-0.3, -0.25) is 0 Å². The van der Waals surface area contributed by atoms with Gasteiger partial charge >= 0.3 is 0 Å². The minimum absolute atomic E-state index is 0.187. The van der Waals surface area contributed by atoms with Gasteiger partial charge in [-0.05, 0) is 41.3 Å². The van der Waals surface area contributed by atoms with Gasteiger partial charge < -0.3 is 10.1 Å². The summed E-state index contributed by atoms with van der Waals surface area (Å²) in [7, 11) is 1.70. The van der Waals surface area contributed by atoms with Gasteiger partial charge in [-0.1, -0.05) is 48.8 Å². The first-order valence-electron chi connectivity index (χ1n) is 7.07. The van der Waals surface area contributed by atoms with Crippen LogP contribution in [0.15, 0.2) is 46.9 Å². The zero-order valence-corrected chi connectivity index (χ0v) is 14.6. The van der Waals surface area contributed by atoms with E-state index in [9.17, 15) is 0 Å². The second-order valence-electron chi connectivity index (χ2n) is 6.14. The highest BCUT2D eigenvalue weighted by molar-refractivity contribution is 9.10. The third-order valence-corrected chi connectivity index (χ3v) is 3.97. The van der Waals surface area contributed by atoms with Crippen LogP contribution >= 0.6 is 15.9 Å². The predicted molar refractivity (Wildman–Crippen MR) is 93.2 cm³/mol. The lowest BCUT2D eigenvalue weighted by Gasteiger charge is -2.19. The number of rotatable bonds is 4. The molecule has 2 rings (SSSR count). The Morgan fingerprint density at radius 1 is 1.05 bits per heavy atom. The van der Waals surface area contributed by atoms with E-state index in [4.69, 9.17) is 4.74 Å². The first kappa shape index (κ1) is 15.9. The summed E-state index contributed by atoms with van der Waals surface area (Å²) in [6.07, 6.45) is 0. The largest absolute Gasteiger partial charge is 0.496 e. The van der Waals surface area contributed by atoms with E-state index in [-0.39, 0.29) is 5.41 Å². The van der Waals surface area contributed by atoms with E-state index in [1.54, 1.807) is 7.11 Å². The number of anilines is 1. The number of hydrogen-bond donors (Lipinski definition) is 1. The van der Waals surface area contributed by atoms with Crippen molar-refractivity contribution in [2.75, 3.05) is 12.4 Å². The third kappa shape index (κ3) is 4.24. The van der Waals surface area contributed by atoms with Crippen molar-refractivity contribution in [1.82, 2.24) is 0 Å². The number of methoxy groups -OCH3 is 1. The molecule has 0 aliphatic rings. The summed E-state index contributed by atoms with van der Waals surface area (Å²) in [4.78, 5) is 0. The van der Waals surface area contributed by atoms with Crippen molar-refractivity contribution < 1.29 is 4.74 Å². The number of nitrogens with one attached hydrogen (secondary N) is 1. The molecule has 0 fully saturated rings. The predicted octanol–water partition coefficient (Wildman–Crippen LogP) is 5.37. The van der Waals surface area contributed by atoms with E-state index < -0.39 is 0 Å². The van der Waals surface area contributed by atoms with Crippen LogP contribution in [0.25, 0.3) is 0 Å². The van der Waals surface area contributed by atoms with E-state index in [1.807, 2.05) is 12.1 Å². The number of hydrogen-bond acceptors (Lipinski definition) is 2. The maximum absolute atomic E-state index is 5.39. The molecule has 0 aromatic heterocycles. The van der Waals surface area contributed by atoms with E-state index in [1.165, 1.54) is 5.56 Å². The van der Waals surface area contributed by atoms with Gasteiger partial charge in [0.1, 0.15) is 5.75 Å². The molecule has 112 valence electrons. The van der Waals surface area contributed by atoms with Crippen LogP contribution in [0, 0.1) is 0 Å². The Morgan fingerprint density at radius 2 is 1.71 bits per heavy atom. The summed E-state index contributed by atoms with van der Waals surface area (Å²) in [6.45, 7) is 7.41. The smallest absolute Gasteiger partial charge is 0.123 e. The van der Waals surface area contributed by atoms with Crippen molar-refractivity contribution in [2.24, 2.45) is 0 Å². The van der Waals surface area contributed by atoms with E-state index in [0.29, 0.717) is 0 Å². The second kappa shape index (κ2) is 6.52. The van der Waals surface area contributed by atoms with Gasteiger partial charge in [-0.2, -0.15) is 0 Å². The van der Waals surface area contributed by atoms with Crippen LogP contribution < -0.4 is 10.1 Å². The monoisotopic (exact) mass is 347 g/mol. The molecule has 2 nitrogen and oxygen atoms in total. The number of halogens is 1. The average Bonchev–Trinajstić information content (AvgIpc) is 2.45. The first-order valence-corrected chi connectivity index (χ1v) is 7.86. The topological polar surface area (TPSA) is 21.3 Å². The van der Waals surface area contributed by atoms with Crippen LogP contribution in [-0.4, -0.2) is 7.11 Å². The van der Waals surface area contributed by atoms with Crippen molar-refractivity contribution in [3.63, 3.8) is 0 Å². The lowest BCUT2D eigenvalue weighted by atomic mass is 9.87. The lowest BCUT2D eigenvalue weighted by Crippen LogP contribution is -2.10. The molecule has 2 aromatic carbocycles. The Balaban J connectivity index is 2.08. The maximum atomic E-state index is 5.39. The van der Waals surface area contributed by atoms with Gasteiger partial charge in [-0.25, -0.2) is 0 Å². The molecule has 1 N–H and O–H groups in total. The SMILES string of the molecule is COc1ccc(Br)cc1CNc1ccc(C(C)(C)C)cc1. The Hall–Kier alpha value is -1.48. The number of ether oxygens (including phenoxy) is 1. The molecule has 2 aromatic rings. The maximum Gasteiger partial charge on any atom is 0.123 e. The highest BCUT2D eigenvalue weighted by Gasteiger charge is 2.12. The van der Waals surface area contributed by atoms with Crippen LogP contribution in [0.4, 0.5) is 5.69 Å². The molecule has 0 saturated carbocycles. The Kier molecular flexibility index (Phi) is 4.94. The van der Waals surface area contributed by atoms with Crippen LogP contribution in [0.5, 0.6) is 5.75 Å². The standard InChI is InChI=1S/C18H22BrNO/c1-18(2,3)14-5-8-16(9-6-14)20-12-13-11-15(19)7-10-17(13)21-4/h5-11,20H,12H2,1-4H3. The normalized spacial score (nSPS) is 11.3. The van der Waals surface area contributed by atoms with Gasteiger partial charge in [0.25, 0.3) is 0 Å². The second-order valence-corrected chi connectivity index (χ2v) is 7.05. The molecule has 0 saturated heterocycles. The Morgan fingerprint density at radius 3 is 2.29 bits per heavy atom. The molecule has 0 aliphatic heterocycles. The van der Waals surface area contributed by atoms with Crippen LogP contribution in [0.3, 0.4) is 0 Å². The molecule has 0 atom stereocenters. The molecule has 21 heavy (non-hydrogen) atoms. The summed E-state index contributed by atoms with van der Waals surface area (Å²) in [5, 5.41) is 3.44. The fourth-order valence-electron chi connectivity index (χ4n) is 2.17. The molecule has 0 radical (unpaired) electrons. The fraction of sp³-hybridized carbons (Fsp3) is 0.333. The highest BCUT2D eigenvalue weighted by atomic mass is 79.9. The van der Waals surface area contributed by atoms with Crippen molar-refractivity contribution >= 4 is 21.6 Å². The van der Waals surface area contributed by atoms with Crippen LogP contribution in [0.2, 0.25) is 0 Å². The van der Waals surface area contributed by atoms with Crippen LogP contribution in [-0.2, 0) is 12.0 Å². The van der Waals surface area contributed by atoms with Gasteiger partial charge in [0, 0.05) is 22.3 Å². The van der Waals surface area contributed by atoms with Gasteiger partial charge in [-0.15, -0.1) is 0 Å². The lowest BCUT2D eigenvalue weighted by molar-refractivity contribution is 0.410. The van der Waals surface area contributed by atoms with Crippen molar-refractivity contribution in [3.8, 4) is 5.75 Å². The van der Waals surface area contributed by atoms with Gasteiger partial charge in [0.2, 0.25) is 0 Å².